The summed E-state index contributed by atoms with van der Waals surface area (Å²) >= 11 is 0. The average molecular weight is 392 g/mol. The molecule has 1 aromatic rings. The Morgan fingerprint density at radius 1 is 1.32 bits per heavy atom. The van der Waals surface area contributed by atoms with E-state index in [2.05, 4.69) is 5.32 Å². The zero-order valence-electron chi connectivity index (χ0n) is 15.2. The Balaban J connectivity index is 1.48. The van der Waals surface area contributed by atoms with Crippen molar-refractivity contribution in [3.8, 4) is 11.5 Å². The Morgan fingerprint density at radius 2 is 2.07 bits per heavy atom. The van der Waals surface area contributed by atoms with Crippen molar-refractivity contribution >= 4 is 23.3 Å². The first kappa shape index (κ1) is 19.6. The molecule has 0 spiro atoms. The number of benzene rings is 1. The van der Waals surface area contributed by atoms with Crippen LogP contribution in [0.15, 0.2) is 18.2 Å². The summed E-state index contributed by atoms with van der Waals surface area (Å²) in [5.74, 6) is -1.81. The summed E-state index contributed by atoms with van der Waals surface area (Å²) in [7, 11) is 0. The van der Waals surface area contributed by atoms with Gasteiger partial charge in [0.05, 0.1) is 6.42 Å². The van der Waals surface area contributed by atoms with Crippen molar-refractivity contribution in [2.45, 2.75) is 19.8 Å². The number of nitro groups is 1. The van der Waals surface area contributed by atoms with Crippen LogP contribution in [0.5, 0.6) is 11.5 Å². The number of hydrogen-bond acceptors (Lipinski definition) is 8. The van der Waals surface area contributed by atoms with Gasteiger partial charge in [-0.15, -0.1) is 0 Å². The summed E-state index contributed by atoms with van der Waals surface area (Å²) in [6.07, 6.45) is -0.0555. The van der Waals surface area contributed by atoms with Crippen LogP contribution in [-0.4, -0.2) is 42.5 Å². The van der Waals surface area contributed by atoms with Crippen molar-refractivity contribution in [1.29, 1.82) is 0 Å². The van der Waals surface area contributed by atoms with Crippen molar-refractivity contribution in [3.63, 3.8) is 0 Å². The molecule has 0 unspecified atom stereocenters. The van der Waals surface area contributed by atoms with E-state index >= 15 is 0 Å². The Morgan fingerprint density at radius 3 is 2.82 bits per heavy atom. The van der Waals surface area contributed by atoms with Crippen molar-refractivity contribution in [1.82, 2.24) is 0 Å². The van der Waals surface area contributed by atoms with E-state index in [1.807, 2.05) is 0 Å². The average Bonchev–Trinajstić information content (AvgIpc) is 3.19. The predicted octanol–water partition coefficient (Wildman–Crippen LogP) is 1.41. The third kappa shape index (κ3) is 4.56. The van der Waals surface area contributed by atoms with Crippen molar-refractivity contribution < 1.29 is 33.5 Å². The lowest BCUT2D eigenvalue weighted by Gasteiger charge is -2.17. The zero-order valence-corrected chi connectivity index (χ0v) is 15.2. The van der Waals surface area contributed by atoms with E-state index < -0.39 is 35.2 Å². The summed E-state index contributed by atoms with van der Waals surface area (Å²) in [5, 5.41) is 13.4. The van der Waals surface area contributed by atoms with Gasteiger partial charge in [-0.25, -0.2) is 0 Å². The fraction of sp³-hybridized carbons (Fsp3) is 0.500. The monoisotopic (exact) mass is 392 g/mol. The van der Waals surface area contributed by atoms with Gasteiger partial charge in [-0.3, -0.25) is 24.5 Å². The largest absolute Gasteiger partial charge is 0.456 e. The van der Waals surface area contributed by atoms with Crippen LogP contribution in [-0.2, 0) is 19.1 Å². The van der Waals surface area contributed by atoms with Gasteiger partial charge >= 0.3 is 5.97 Å². The second-order valence-corrected chi connectivity index (χ2v) is 6.91. The molecule has 1 saturated carbocycles. The van der Waals surface area contributed by atoms with Gasteiger partial charge < -0.3 is 19.5 Å². The second kappa shape index (κ2) is 8.24. The number of carbonyl (C=O) groups excluding carboxylic acids is 3. The van der Waals surface area contributed by atoms with Crippen LogP contribution in [0.2, 0.25) is 0 Å². The van der Waals surface area contributed by atoms with E-state index in [4.69, 9.17) is 14.2 Å². The smallest absolute Gasteiger partial charge is 0.307 e. The Labute approximate surface area is 160 Å². The highest BCUT2D eigenvalue weighted by atomic mass is 16.7. The first-order valence-electron chi connectivity index (χ1n) is 8.83. The Kier molecular flexibility index (Phi) is 5.76. The van der Waals surface area contributed by atoms with E-state index in [-0.39, 0.29) is 37.9 Å². The van der Waals surface area contributed by atoms with Gasteiger partial charge in [-0.2, -0.15) is 0 Å². The molecule has 1 N–H and O–H groups in total. The third-order valence-electron chi connectivity index (χ3n) is 4.95. The molecule has 0 aromatic heterocycles. The lowest BCUT2D eigenvalue weighted by Crippen LogP contribution is -2.28. The van der Waals surface area contributed by atoms with Gasteiger partial charge in [0.15, 0.2) is 18.1 Å². The molecule has 1 aliphatic heterocycles. The van der Waals surface area contributed by atoms with Gasteiger partial charge in [0.2, 0.25) is 13.3 Å². The first-order valence-corrected chi connectivity index (χ1v) is 8.83. The number of fused-ring (bicyclic) bond motifs is 1. The number of ketones is 1. The highest BCUT2D eigenvalue weighted by Crippen LogP contribution is 2.36. The minimum atomic E-state index is -0.746. The standard InChI is InChI=1S/C18H20N2O8/c1-10-4-14(21)12(13(10)7-20(24)25)6-18(23)26-8-17(22)19-11-2-3-15-16(5-11)28-9-27-15/h2-3,5,10,12-13H,4,6-9H2,1H3,(H,19,22)/t10-,12+,13+/m0/s1. The maximum atomic E-state index is 12.1. The topological polar surface area (TPSA) is 134 Å². The fourth-order valence-corrected chi connectivity index (χ4v) is 3.56. The normalized spacial score (nSPS) is 22.8. The molecule has 10 nitrogen and oxygen atoms in total. The number of amides is 1. The van der Waals surface area contributed by atoms with Crippen molar-refractivity contribution in [2.75, 3.05) is 25.3 Å². The van der Waals surface area contributed by atoms with Gasteiger partial charge in [-0.1, -0.05) is 6.92 Å². The summed E-state index contributed by atoms with van der Waals surface area (Å²) in [4.78, 5) is 46.4. The molecule has 0 radical (unpaired) electrons. The number of nitrogens with zero attached hydrogens (tertiary/aromatic N) is 1. The van der Waals surface area contributed by atoms with Gasteiger partial charge in [0.25, 0.3) is 5.91 Å². The molecule has 28 heavy (non-hydrogen) atoms. The van der Waals surface area contributed by atoms with Crippen LogP contribution in [0.25, 0.3) is 0 Å². The molecule has 1 aliphatic carbocycles. The number of carbonyl (C=O) groups is 3. The molecule has 1 amide bonds. The molecule has 1 fully saturated rings. The maximum Gasteiger partial charge on any atom is 0.307 e. The SMILES string of the molecule is C[C@H]1CC(=O)[C@H](CC(=O)OCC(=O)Nc2ccc3c(c2)OCO3)[C@@H]1C[N+](=O)[O-]. The van der Waals surface area contributed by atoms with Crippen molar-refractivity contribution in [3.05, 3.63) is 28.3 Å². The van der Waals surface area contributed by atoms with Crippen LogP contribution in [0, 0.1) is 27.9 Å². The third-order valence-corrected chi connectivity index (χ3v) is 4.95. The highest BCUT2D eigenvalue weighted by molar-refractivity contribution is 5.93. The summed E-state index contributed by atoms with van der Waals surface area (Å²) < 4.78 is 15.3. The van der Waals surface area contributed by atoms with Crippen LogP contribution >= 0.6 is 0 Å². The van der Waals surface area contributed by atoms with E-state index in [1.165, 1.54) is 0 Å². The van der Waals surface area contributed by atoms with Gasteiger partial charge in [0, 0.05) is 34.9 Å². The molecular weight excluding hydrogens is 372 g/mol. The van der Waals surface area contributed by atoms with Crippen molar-refractivity contribution in [2.24, 2.45) is 17.8 Å². The molecule has 0 bridgehead atoms. The lowest BCUT2D eigenvalue weighted by molar-refractivity contribution is -0.490. The van der Waals surface area contributed by atoms with Gasteiger partial charge in [0.1, 0.15) is 5.78 Å². The molecule has 3 atom stereocenters. The second-order valence-electron chi connectivity index (χ2n) is 6.91. The molecule has 1 aromatic carbocycles. The molecule has 10 heteroatoms. The number of nitrogens with one attached hydrogen (secondary N) is 1. The summed E-state index contributed by atoms with van der Waals surface area (Å²) in [6.45, 7) is 0.982. The Bertz CT molecular complexity index is 809. The molecular formula is C18H20N2O8. The number of Topliss-reactive ketones (excluding diaryl/α,β-unsaturated/α-hetero) is 1. The number of hydrogen-bond donors (Lipinski definition) is 1. The van der Waals surface area contributed by atoms with Crippen LogP contribution in [0.3, 0.4) is 0 Å². The Hall–Kier alpha value is -3.17. The minimum Gasteiger partial charge on any atom is -0.456 e. The zero-order chi connectivity index (χ0) is 20.3. The first-order chi connectivity index (χ1) is 13.3. The van der Waals surface area contributed by atoms with E-state index in [0.717, 1.165) is 0 Å². The van der Waals surface area contributed by atoms with Crippen LogP contribution in [0.1, 0.15) is 19.8 Å². The summed E-state index contributed by atoms with van der Waals surface area (Å²) in [5.41, 5.74) is 0.455. The van der Waals surface area contributed by atoms with Crippen LogP contribution in [0.4, 0.5) is 5.69 Å². The summed E-state index contributed by atoms with van der Waals surface area (Å²) in [6, 6.07) is 4.85. The maximum absolute atomic E-state index is 12.1. The van der Waals surface area contributed by atoms with E-state index in [0.29, 0.717) is 17.2 Å². The minimum absolute atomic E-state index is 0.111. The predicted molar refractivity (Wildman–Crippen MR) is 94.4 cm³/mol. The lowest BCUT2D eigenvalue weighted by atomic mass is 9.88. The number of anilines is 1. The number of ether oxygens (including phenoxy) is 3. The van der Waals surface area contributed by atoms with Crippen LogP contribution < -0.4 is 14.8 Å². The molecule has 2 aliphatic rings. The van der Waals surface area contributed by atoms with Gasteiger partial charge in [-0.05, 0) is 18.1 Å². The van der Waals surface area contributed by atoms with E-state index in [9.17, 15) is 24.5 Å². The number of rotatable bonds is 7. The quantitative estimate of drug-likeness (QED) is 0.418. The molecule has 3 rings (SSSR count). The molecule has 0 saturated heterocycles. The highest BCUT2D eigenvalue weighted by Gasteiger charge is 2.44. The number of esters is 1. The molecule has 150 valence electrons. The van der Waals surface area contributed by atoms with E-state index in [1.54, 1.807) is 25.1 Å². The fourth-order valence-electron chi connectivity index (χ4n) is 3.56. The molecule has 1 heterocycles.